The molecule has 0 N–H and O–H groups in total. The number of amides is 1. The first-order chi connectivity index (χ1) is 14.9. The molecule has 0 aliphatic rings. The van der Waals surface area contributed by atoms with Crippen molar-refractivity contribution < 1.29 is 19.0 Å². The summed E-state index contributed by atoms with van der Waals surface area (Å²) >= 11 is 1.50. The molecule has 0 bridgehead atoms. The third-order valence-corrected chi connectivity index (χ3v) is 6.19. The quantitative estimate of drug-likeness (QED) is 0.445. The van der Waals surface area contributed by atoms with Gasteiger partial charge >= 0.3 is 0 Å². The molecule has 9 heteroatoms. The van der Waals surface area contributed by atoms with E-state index in [2.05, 4.69) is 4.90 Å². The molecule has 3 rings (SSSR count). The standard InChI is InChI=1S/C23H29N3O4S.ClH/c1-15-8-9-19(30-6)20-21(15)31-23(24-20)26(11-7-10-25(2)3)22(27)16-12-17(28-4)14-18(13-16)29-5;/h8-9,12-14H,7,10-11H2,1-6H3;1H. The fourth-order valence-corrected chi connectivity index (χ4v) is 4.37. The number of fused-ring (bicyclic) bond motifs is 1. The molecule has 0 aliphatic heterocycles. The molecule has 7 nitrogen and oxygen atoms in total. The summed E-state index contributed by atoms with van der Waals surface area (Å²) in [6.45, 7) is 3.44. The smallest absolute Gasteiger partial charge is 0.260 e. The lowest BCUT2D eigenvalue weighted by Gasteiger charge is -2.21. The van der Waals surface area contributed by atoms with Gasteiger partial charge in [-0.1, -0.05) is 17.4 Å². The second-order valence-corrected chi connectivity index (χ2v) is 8.45. The van der Waals surface area contributed by atoms with Crippen LogP contribution in [0.4, 0.5) is 5.13 Å². The first-order valence-corrected chi connectivity index (χ1v) is 10.8. The topological polar surface area (TPSA) is 64.1 Å². The summed E-state index contributed by atoms with van der Waals surface area (Å²) in [5.74, 6) is 1.69. The summed E-state index contributed by atoms with van der Waals surface area (Å²) in [5.41, 5.74) is 2.36. The van der Waals surface area contributed by atoms with Crippen molar-refractivity contribution in [3.8, 4) is 17.2 Å². The minimum Gasteiger partial charge on any atom is -0.497 e. The van der Waals surface area contributed by atoms with Crippen molar-refractivity contribution in [2.45, 2.75) is 13.3 Å². The number of anilines is 1. The number of benzene rings is 2. The lowest BCUT2D eigenvalue weighted by molar-refractivity contribution is 0.0985. The van der Waals surface area contributed by atoms with E-state index in [9.17, 15) is 4.79 Å². The van der Waals surface area contributed by atoms with E-state index in [1.165, 1.54) is 11.3 Å². The molecule has 0 spiro atoms. The van der Waals surface area contributed by atoms with Crippen LogP contribution in [0.15, 0.2) is 30.3 Å². The number of ether oxygens (including phenoxy) is 3. The van der Waals surface area contributed by atoms with Crippen molar-refractivity contribution >= 4 is 45.0 Å². The van der Waals surface area contributed by atoms with Crippen LogP contribution in [0.1, 0.15) is 22.3 Å². The normalized spacial score (nSPS) is 10.7. The molecule has 2 aromatic carbocycles. The Hall–Kier alpha value is -2.55. The predicted molar refractivity (Wildman–Crippen MR) is 133 cm³/mol. The molecular weight excluding hydrogens is 450 g/mol. The molecule has 1 heterocycles. The van der Waals surface area contributed by atoms with Crippen LogP contribution >= 0.6 is 23.7 Å². The number of carbonyl (C=O) groups excluding carboxylic acids is 1. The van der Waals surface area contributed by atoms with Crippen molar-refractivity contribution in [2.24, 2.45) is 0 Å². The Morgan fingerprint density at radius 3 is 2.22 bits per heavy atom. The van der Waals surface area contributed by atoms with Gasteiger partial charge in [0.25, 0.3) is 5.91 Å². The van der Waals surface area contributed by atoms with Gasteiger partial charge in [-0.3, -0.25) is 9.69 Å². The first-order valence-electron chi connectivity index (χ1n) is 10.0. The Kier molecular flexibility index (Phi) is 9.12. The Labute approximate surface area is 199 Å². The number of methoxy groups -OCH3 is 3. The molecular formula is C23H30ClN3O4S. The molecule has 3 aromatic rings. The van der Waals surface area contributed by atoms with Crippen molar-refractivity contribution in [3.05, 3.63) is 41.5 Å². The van der Waals surface area contributed by atoms with E-state index in [0.29, 0.717) is 34.5 Å². The zero-order chi connectivity index (χ0) is 22.5. The van der Waals surface area contributed by atoms with Gasteiger partial charge in [0.1, 0.15) is 22.8 Å². The van der Waals surface area contributed by atoms with Gasteiger partial charge in [0.15, 0.2) is 5.13 Å². The van der Waals surface area contributed by atoms with Crippen LogP contribution in [0.25, 0.3) is 10.2 Å². The molecule has 0 aliphatic carbocycles. The molecule has 32 heavy (non-hydrogen) atoms. The largest absolute Gasteiger partial charge is 0.497 e. The number of aryl methyl sites for hydroxylation is 1. The van der Waals surface area contributed by atoms with Gasteiger partial charge < -0.3 is 19.1 Å². The number of carbonyl (C=O) groups is 1. The summed E-state index contributed by atoms with van der Waals surface area (Å²) in [7, 11) is 8.81. The zero-order valence-electron chi connectivity index (χ0n) is 19.3. The number of rotatable bonds is 9. The lowest BCUT2D eigenvalue weighted by atomic mass is 10.1. The highest BCUT2D eigenvalue weighted by molar-refractivity contribution is 7.22. The van der Waals surface area contributed by atoms with Gasteiger partial charge in [-0.25, -0.2) is 4.98 Å². The number of aromatic nitrogens is 1. The molecule has 1 amide bonds. The Balaban J connectivity index is 0.00000363. The fourth-order valence-electron chi connectivity index (χ4n) is 3.29. The van der Waals surface area contributed by atoms with Crippen LogP contribution in [0.3, 0.4) is 0 Å². The maximum atomic E-state index is 13.6. The Bertz CT molecular complexity index is 1050. The second kappa shape index (κ2) is 11.4. The van der Waals surface area contributed by atoms with Gasteiger partial charge in [-0.15, -0.1) is 12.4 Å². The average molecular weight is 480 g/mol. The molecule has 0 radical (unpaired) electrons. The van der Waals surface area contributed by atoms with Gasteiger partial charge in [-0.2, -0.15) is 0 Å². The Morgan fingerprint density at radius 2 is 1.66 bits per heavy atom. The SMILES string of the molecule is COc1cc(OC)cc(C(=O)N(CCCN(C)C)c2nc3c(OC)ccc(C)c3s2)c1.Cl. The molecule has 0 unspecified atom stereocenters. The molecule has 1 aromatic heterocycles. The number of hydrogen-bond acceptors (Lipinski definition) is 7. The molecule has 0 atom stereocenters. The van der Waals surface area contributed by atoms with Crippen LogP contribution in [0.2, 0.25) is 0 Å². The third-order valence-electron chi connectivity index (χ3n) is 4.97. The van der Waals surface area contributed by atoms with Gasteiger partial charge in [0.05, 0.1) is 26.0 Å². The third kappa shape index (κ3) is 5.62. The van der Waals surface area contributed by atoms with Crippen LogP contribution in [-0.4, -0.2) is 64.3 Å². The van der Waals surface area contributed by atoms with Gasteiger partial charge in [-0.05, 0) is 57.7 Å². The predicted octanol–water partition coefficient (Wildman–Crippen LogP) is 4.65. The summed E-state index contributed by atoms with van der Waals surface area (Å²) in [6, 6.07) is 9.12. The number of halogens is 1. The molecule has 0 fully saturated rings. The van der Waals surface area contributed by atoms with Crippen molar-refractivity contribution in [2.75, 3.05) is 53.4 Å². The van der Waals surface area contributed by atoms with E-state index in [1.54, 1.807) is 44.4 Å². The van der Waals surface area contributed by atoms with E-state index in [4.69, 9.17) is 19.2 Å². The van der Waals surface area contributed by atoms with Gasteiger partial charge in [0, 0.05) is 18.2 Å². The van der Waals surface area contributed by atoms with Crippen LogP contribution in [0, 0.1) is 6.92 Å². The summed E-state index contributed by atoms with van der Waals surface area (Å²) in [5, 5.41) is 0.646. The minimum atomic E-state index is -0.147. The molecule has 174 valence electrons. The summed E-state index contributed by atoms with van der Waals surface area (Å²) in [4.78, 5) is 22.2. The van der Waals surface area contributed by atoms with E-state index in [1.807, 2.05) is 33.2 Å². The number of hydrogen-bond donors (Lipinski definition) is 0. The van der Waals surface area contributed by atoms with Crippen molar-refractivity contribution in [1.29, 1.82) is 0 Å². The van der Waals surface area contributed by atoms with E-state index < -0.39 is 0 Å². The van der Waals surface area contributed by atoms with E-state index in [0.717, 1.165) is 28.7 Å². The highest BCUT2D eigenvalue weighted by Crippen LogP contribution is 2.37. The second-order valence-electron chi connectivity index (χ2n) is 7.47. The van der Waals surface area contributed by atoms with Crippen molar-refractivity contribution in [3.63, 3.8) is 0 Å². The highest BCUT2D eigenvalue weighted by atomic mass is 35.5. The molecule has 0 saturated heterocycles. The maximum Gasteiger partial charge on any atom is 0.260 e. The van der Waals surface area contributed by atoms with Crippen LogP contribution in [-0.2, 0) is 0 Å². The van der Waals surface area contributed by atoms with Gasteiger partial charge in [0.2, 0.25) is 0 Å². The lowest BCUT2D eigenvalue weighted by Crippen LogP contribution is -2.33. The average Bonchev–Trinajstić information content (AvgIpc) is 3.22. The summed E-state index contributed by atoms with van der Waals surface area (Å²) in [6.07, 6.45) is 0.811. The van der Waals surface area contributed by atoms with Crippen LogP contribution in [0.5, 0.6) is 17.2 Å². The van der Waals surface area contributed by atoms with E-state index in [-0.39, 0.29) is 18.3 Å². The van der Waals surface area contributed by atoms with Crippen LogP contribution < -0.4 is 19.1 Å². The summed E-state index contributed by atoms with van der Waals surface area (Å²) < 4.78 is 17.2. The maximum absolute atomic E-state index is 13.6. The fraction of sp³-hybridized carbons (Fsp3) is 0.391. The van der Waals surface area contributed by atoms with E-state index >= 15 is 0 Å². The Morgan fingerprint density at radius 1 is 1.00 bits per heavy atom. The first kappa shape index (κ1) is 25.7. The highest BCUT2D eigenvalue weighted by Gasteiger charge is 2.24. The minimum absolute atomic E-state index is 0. The molecule has 0 saturated carbocycles. The van der Waals surface area contributed by atoms with Crippen molar-refractivity contribution in [1.82, 2.24) is 9.88 Å². The number of nitrogens with zero attached hydrogens (tertiary/aromatic N) is 3. The number of thiazole rings is 1. The monoisotopic (exact) mass is 479 g/mol. The zero-order valence-corrected chi connectivity index (χ0v) is 20.9.